The molecule has 1 aliphatic heterocycles. The van der Waals surface area contributed by atoms with Crippen molar-refractivity contribution < 1.29 is 0 Å². The lowest BCUT2D eigenvalue weighted by Gasteiger charge is -2.27. The summed E-state index contributed by atoms with van der Waals surface area (Å²) in [7, 11) is 0. The molecule has 1 N–H and O–H groups in total. The van der Waals surface area contributed by atoms with E-state index in [1.165, 1.54) is 35.2 Å². The van der Waals surface area contributed by atoms with Gasteiger partial charge in [-0.25, -0.2) is 0 Å². The Kier molecular flexibility index (Phi) is 2.60. The van der Waals surface area contributed by atoms with Crippen molar-refractivity contribution >= 4 is 5.69 Å². The zero-order chi connectivity index (χ0) is 11.7. The third-order valence-electron chi connectivity index (χ3n) is 3.49. The van der Waals surface area contributed by atoms with E-state index in [4.69, 9.17) is 0 Å². The van der Waals surface area contributed by atoms with Crippen molar-refractivity contribution in [2.45, 2.75) is 25.8 Å². The normalized spacial score (nSPS) is 18.3. The fraction of sp³-hybridized carbons (Fsp3) is 0.250. The van der Waals surface area contributed by atoms with Crippen molar-refractivity contribution in [2.75, 3.05) is 5.32 Å². The Bertz CT molecular complexity index is 516. The number of benzene rings is 2. The Morgan fingerprint density at radius 3 is 2.71 bits per heavy atom. The molecular formula is C16H17N. The lowest BCUT2D eigenvalue weighted by Crippen LogP contribution is -2.17. The lowest BCUT2D eigenvalue weighted by atomic mass is 9.93. The van der Waals surface area contributed by atoms with Crippen molar-refractivity contribution in [3.63, 3.8) is 0 Å². The molecule has 0 fully saturated rings. The maximum Gasteiger partial charge on any atom is 0.0517 e. The van der Waals surface area contributed by atoms with Gasteiger partial charge in [0.25, 0.3) is 0 Å². The number of rotatable bonds is 1. The number of aryl methyl sites for hydroxylation is 2. The average molecular weight is 223 g/mol. The van der Waals surface area contributed by atoms with Crippen molar-refractivity contribution in [3.8, 4) is 0 Å². The maximum atomic E-state index is 3.64. The summed E-state index contributed by atoms with van der Waals surface area (Å²) >= 11 is 0. The van der Waals surface area contributed by atoms with Crippen molar-refractivity contribution in [1.82, 2.24) is 0 Å². The molecule has 0 radical (unpaired) electrons. The number of anilines is 1. The molecule has 0 spiro atoms. The fourth-order valence-corrected chi connectivity index (χ4v) is 2.57. The molecule has 2 aromatic carbocycles. The molecular weight excluding hydrogens is 206 g/mol. The quantitative estimate of drug-likeness (QED) is 0.767. The smallest absolute Gasteiger partial charge is 0.0517 e. The Labute approximate surface area is 102 Å². The Morgan fingerprint density at radius 2 is 1.88 bits per heavy atom. The highest BCUT2D eigenvalue weighted by molar-refractivity contribution is 5.56. The molecule has 1 atom stereocenters. The monoisotopic (exact) mass is 223 g/mol. The van der Waals surface area contributed by atoms with Crippen LogP contribution in [0, 0.1) is 6.92 Å². The van der Waals surface area contributed by atoms with Gasteiger partial charge in [0.2, 0.25) is 0 Å². The van der Waals surface area contributed by atoms with Gasteiger partial charge in [0, 0.05) is 5.69 Å². The summed E-state index contributed by atoms with van der Waals surface area (Å²) < 4.78 is 0. The van der Waals surface area contributed by atoms with Gasteiger partial charge in [0.05, 0.1) is 6.04 Å². The summed E-state index contributed by atoms with van der Waals surface area (Å²) in [6.07, 6.45) is 2.35. The summed E-state index contributed by atoms with van der Waals surface area (Å²) in [4.78, 5) is 0. The van der Waals surface area contributed by atoms with Crippen LogP contribution < -0.4 is 5.32 Å². The largest absolute Gasteiger partial charge is 0.378 e. The van der Waals surface area contributed by atoms with Crippen LogP contribution in [-0.2, 0) is 6.42 Å². The topological polar surface area (TPSA) is 12.0 Å². The summed E-state index contributed by atoms with van der Waals surface area (Å²) in [6.45, 7) is 2.16. The summed E-state index contributed by atoms with van der Waals surface area (Å²) in [5, 5.41) is 3.64. The molecule has 0 amide bonds. The van der Waals surface area contributed by atoms with E-state index in [0.717, 1.165) is 0 Å². The molecule has 86 valence electrons. The Hall–Kier alpha value is -1.76. The van der Waals surface area contributed by atoms with Crippen molar-refractivity contribution in [2.24, 2.45) is 0 Å². The molecule has 1 heteroatoms. The lowest BCUT2D eigenvalue weighted by molar-refractivity contribution is 0.667. The van der Waals surface area contributed by atoms with Gasteiger partial charge in [0.1, 0.15) is 0 Å². The van der Waals surface area contributed by atoms with Gasteiger partial charge in [-0.1, -0.05) is 48.0 Å². The Morgan fingerprint density at radius 1 is 1.06 bits per heavy atom. The SMILES string of the molecule is Cc1ccc2c(c1)CC[C@H](c1ccccc1)N2. The van der Waals surface area contributed by atoms with Gasteiger partial charge in [-0.05, 0) is 37.0 Å². The highest BCUT2D eigenvalue weighted by Crippen LogP contribution is 2.32. The molecule has 17 heavy (non-hydrogen) atoms. The van der Waals surface area contributed by atoms with Crippen molar-refractivity contribution in [1.29, 1.82) is 0 Å². The van der Waals surface area contributed by atoms with Crippen LogP contribution in [0.4, 0.5) is 5.69 Å². The van der Waals surface area contributed by atoms with E-state index in [9.17, 15) is 0 Å². The molecule has 1 nitrogen and oxygen atoms in total. The Balaban J connectivity index is 1.88. The second-order valence-corrected chi connectivity index (χ2v) is 4.81. The number of hydrogen-bond donors (Lipinski definition) is 1. The first-order valence-electron chi connectivity index (χ1n) is 6.24. The van der Waals surface area contributed by atoms with Crippen LogP contribution in [0.3, 0.4) is 0 Å². The van der Waals surface area contributed by atoms with Gasteiger partial charge >= 0.3 is 0 Å². The van der Waals surface area contributed by atoms with Gasteiger partial charge in [0.15, 0.2) is 0 Å². The van der Waals surface area contributed by atoms with E-state index in [1.807, 2.05) is 0 Å². The van der Waals surface area contributed by atoms with E-state index in [-0.39, 0.29) is 0 Å². The molecule has 1 aliphatic rings. The maximum absolute atomic E-state index is 3.64. The standard InChI is InChI=1S/C16H17N/c1-12-7-9-16-14(11-12)8-10-15(17-16)13-5-3-2-4-6-13/h2-7,9,11,15,17H,8,10H2,1H3/t15-/m1/s1. The predicted molar refractivity (Wildman–Crippen MR) is 72.3 cm³/mol. The molecule has 1 heterocycles. The van der Waals surface area contributed by atoms with Crippen LogP contribution in [0.2, 0.25) is 0 Å². The van der Waals surface area contributed by atoms with Crippen LogP contribution in [0.1, 0.15) is 29.2 Å². The second-order valence-electron chi connectivity index (χ2n) is 4.81. The number of nitrogens with one attached hydrogen (secondary N) is 1. The zero-order valence-electron chi connectivity index (χ0n) is 10.1. The zero-order valence-corrected chi connectivity index (χ0v) is 10.1. The predicted octanol–water partition coefficient (Wildman–Crippen LogP) is 4.09. The van der Waals surface area contributed by atoms with E-state index in [0.29, 0.717) is 6.04 Å². The molecule has 0 aliphatic carbocycles. The van der Waals surface area contributed by atoms with E-state index in [1.54, 1.807) is 0 Å². The molecule has 0 saturated carbocycles. The van der Waals surface area contributed by atoms with Crippen LogP contribution in [0.5, 0.6) is 0 Å². The van der Waals surface area contributed by atoms with Gasteiger partial charge in [-0.2, -0.15) is 0 Å². The van der Waals surface area contributed by atoms with E-state index >= 15 is 0 Å². The van der Waals surface area contributed by atoms with Crippen molar-refractivity contribution in [3.05, 3.63) is 65.2 Å². The first kappa shape index (κ1) is 10.4. The van der Waals surface area contributed by atoms with E-state index in [2.05, 4.69) is 60.8 Å². The van der Waals surface area contributed by atoms with Gasteiger partial charge < -0.3 is 5.32 Å². The average Bonchev–Trinajstić information content (AvgIpc) is 2.39. The summed E-state index contributed by atoms with van der Waals surface area (Å²) in [6, 6.07) is 17.9. The highest BCUT2D eigenvalue weighted by atomic mass is 14.9. The summed E-state index contributed by atoms with van der Waals surface area (Å²) in [5.41, 5.74) is 5.50. The van der Waals surface area contributed by atoms with Gasteiger partial charge in [-0.3, -0.25) is 0 Å². The molecule has 0 unspecified atom stereocenters. The third-order valence-corrected chi connectivity index (χ3v) is 3.49. The minimum atomic E-state index is 0.464. The van der Waals surface area contributed by atoms with Crippen LogP contribution >= 0.6 is 0 Å². The molecule has 0 aromatic heterocycles. The fourth-order valence-electron chi connectivity index (χ4n) is 2.57. The van der Waals surface area contributed by atoms with Crippen LogP contribution in [0.15, 0.2) is 48.5 Å². The molecule has 0 saturated heterocycles. The van der Waals surface area contributed by atoms with Gasteiger partial charge in [-0.15, -0.1) is 0 Å². The van der Waals surface area contributed by atoms with E-state index < -0.39 is 0 Å². The van der Waals surface area contributed by atoms with Crippen LogP contribution in [0.25, 0.3) is 0 Å². The number of hydrogen-bond acceptors (Lipinski definition) is 1. The first-order chi connectivity index (χ1) is 8.33. The highest BCUT2D eigenvalue weighted by Gasteiger charge is 2.18. The number of fused-ring (bicyclic) bond motifs is 1. The second kappa shape index (κ2) is 4.25. The molecule has 3 rings (SSSR count). The first-order valence-corrected chi connectivity index (χ1v) is 6.24. The minimum Gasteiger partial charge on any atom is -0.378 e. The minimum absolute atomic E-state index is 0.464. The van der Waals surface area contributed by atoms with Crippen LogP contribution in [-0.4, -0.2) is 0 Å². The molecule has 0 bridgehead atoms. The molecule has 2 aromatic rings. The third kappa shape index (κ3) is 2.05. The summed E-state index contributed by atoms with van der Waals surface area (Å²) in [5.74, 6) is 0.